The molecule has 2 heteroatoms. The van der Waals surface area contributed by atoms with Crippen LogP contribution in [0.2, 0.25) is 0 Å². The van der Waals surface area contributed by atoms with Gasteiger partial charge in [-0.1, -0.05) is 25.0 Å². The molecule has 0 saturated heterocycles. The molecule has 0 aromatic heterocycles. The molecule has 0 spiro atoms. The first kappa shape index (κ1) is 11.9. The third kappa shape index (κ3) is 10.9. The first-order valence-electron chi connectivity index (χ1n) is 4.77. The third-order valence-corrected chi connectivity index (χ3v) is 1.79. The number of allylic oxidation sites excluding steroid dienone is 2. The van der Waals surface area contributed by atoms with Crippen LogP contribution in [0.15, 0.2) is 24.8 Å². The van der Waals surface area contributed by atoms with Crippen molar-refractivity contribution in [2.75, 3.05) is 0 Å². The van der Waals surface area contributed by atoms with E-state index in [0.29, 0.717) is 0 Å². The monoisotopic (exact) mass is 182 g/mol. The summed E-state index contributed by atoms with van der Waals surface area (Å²) in [5, 5.41) is 8.29. The number of carbonyl (C=O) groups is 1. The molecule has 13 heavy (non-hydrogen) atoms. The lowest BCUT2D eigenvalue weighted by Gasteiger charge is -1.95. The van der Waals surface area contributed by atoms with E-state index < -0.39 is 5.97 Å². The van der Waals surface area contributed by atoms with E-state index in [-0.39, 0.29) is 0 Å². The van der Waals surface area contributed by atoms with Crippen molar-refractivity contribution in [1.29, 1.82) is 0 Å². The highest BCUT2D eigenvalue weighted by Crippen LogP contribution is 2.05. The number of aliphatic carboxylic acids is 1. The van der Waals surface area contributed by atoms with E-state index in [1.54, 1.807) is 6.08 Å². The predicted octanol–water partition coefficient (Wildman–Crippen LogP) is 3.15. The number of rotatable bonds is 8. The molecule has 0 aliphatic heterocycles. The van der Waals surface area contributed by atoms with Gasteiger partial charge in [-0.25, -0.2) is 4.79 Å². The standard InChI is InChI=1S/C11H18O2/c1-2-3-4-5-6-7-8-9-10-11(12)13/h2,9-10H,1,3-8H2,(H,12,13). The van der Waals surface area contributed by atoms with Crippen LogP contribution in [0.4, 0.5) is 0 Å². The largest absolute Gasteiger partial charge is 0.478 e. The fraction of sp³-hybridized carbons (Fsp3) is 0.545. The van der Waals surface area contributed by atoms with Gasteiger partial charge >= 0.3 is 5.97 Å². The van der Waals surface area contributed by atoms with Gasteiger partial charge in [0.25, 0.3) is 0 Å². The van der Waals surface area contributed by atoms with E-state index >= 15 is 0 Å². The highest BCUT2D eigenvalue weighted by molar-refractivity contribution is 5.79. The third-order valence-electron chi connectivity index (χ3n) is 1.79. The Morgan fingerprint density at radius 1 is 1.15 bits per heavy atom. The fourth-order valence-electron chi connectivity index (χ4n) is 1.09. The molecule has 0 atom stereocenters. The molecule has 1 N–H and O–H groups in total. The van der Waals surface area contributed by atoms with Crippen molar-refractivity contribution in [2.45, 2.75) is 38.5 Å². The zero-order valence-corrected chi connectivity index (χ0v) is 8.04. The van der Waals surface area contributed by atoms with E-state index in [4.69, 9.17) is 5.11 Å². The minimum absolute atomic E-state index is 0.855. The maximum Gasteiger partial charge on any atom is 0.327 e. The molecule has 0 aliphatic rings. The normalized spacial score (nSPS) is 10.5. The molecule has 0 rings (SSSR count). The Labute approximate surface area is 80.0 Å². The van der Waals surface area contributed by atoms with E-state index in [1.165, 1.54) is 25.3 Å². The van der Waals surface area contributed by atoms with Gasteiger partial charge in [0.2, 0.25) is 0 Å². The topological polar surface area (TPSA) is 37.3 Å². The van der Waals surface area contributed by atoms with Crippen LogP contribution in [-0.2, 0) is 4.79 Å². The van der Waals surface area contributed by atoms with Crippen molar-refractivity contribution in [1.82, 2.24) is 0 Å². The molecule has 0 radical (unpaired) electrons. The van der Waals surface area contributed by atoms with Crippen molar-refractivity contribution < 1.29 is 9.90 Å². The van der Waals surface area contributed by atoms with E-state index in [9.17, 15) is 4.79 Å². The molecular formula is C11H18O2. The van der Waals surface area contributed by atoms with Gasteiger partial charge in [0.15, 0.2) is 0 Å². The van der Waals surface area contributed by atoms with Crippen molar-refractivity contribution in [2.24, 2.45) is 0 Å². The Balaban J connectivity index is 3.07. The van der Waals surface area contributed by atoms with Gasteiger partial charge in [-0.3, -0.25) is 0 Å². The van der Waals surface area contributed by atoms with Gasteiger partial charge in [0, 0.05) is 6.08 Å². The summed E-state index contributed by atoms with van der Waals surface area (Å²) in [4.78, 5) is 10.1. The van der Waals surface area contributed by atoms with Gasteiger partial charge < -0.3 is 5.11 Å². The number of hydrogen-bond acceptors (Lipinski definition) is 1. The summed E-state index contributed by atoms with van der Waals surface area (Å²) in [7, 11) is 0. The average Bonchev–Trinajstić information content (AvgIpc) is 2.09. The lowest BCUT2D eigenvalue weighted by atomic mass is 10.1. The van der Waals surface area contributed by atoms with Crippen LogP contribution in [-0.4, -0.2) is 11.1 Å². The molecule has 0 fully saturated rings. The van der Waals surface area contributed by atoms with Crippen molar-refractivity contribution >= 4 is 5.97 Å². The zero-order valence-electron chi connectivity index (χ0n) is 8.04. The number of carboxylic acid groups (broad SMARTS) is 1. The summed E-state index contributed by atoms with van der Waals surface area (Å²) >= 11 is 0. The molecule has 0 aromatic carbocycles. The van der Waals surface area contributed by atoms with Crippen LogP contribution in [0.5, 0.6) is 0 Å². The summed E-state index contributed by atoms with van der Waals surface area (Å²) in [6, 6.07) is 0. The number of unbranched alkanes of at least 4 members (excludes halogenated alkanes) is 5. The van der Waals surface area contributed by atoms with Crippen LogP contribution in [0.1, 0.15) is 38.5 Å². The minimum Gasteiger partial charge on any atom is -0.478 e. The van der Waals surface area contributed by atoms with Crippen molar-refractivity contribution in [3.05, 3.63) is 24.8 Å². The molecule has 0 saturated carbocycles. The second-order valence-electron chi connectivity index (χ2n) is 3.02. The summed E-state index contributed by atoms with van der Waals surface area (Å²) in [5.41, 5.74) is 0. The van der Waals surface area contributed by atoms with Gasteiger partial charge in [-0.15, -0.1) is 6.58 Å². The minimum atomic E-state index is -0.855. The summed E-state index contributed by atoms with van der Waals surface area (Å²) in [5.74, 6) is -0.855. The molecule has 74 valence electrons. The van der Waals surface area contributed by atoms with Gasteiger partial charge in [0.05, 0.1) is 0 Å². The quantitative estimate of drug-likeness (QED) is 0.355. The lowest BCUT2D eigenvalue weighted by molar-refractivity contribution is -0.131. The van der Waals surface area contributed by atoms with Crippen LogP contribution in [0.3, 0.4) is 0 Å². The average molecular weight is 182 g/mol. The molecule has 0 heterocycles. The van der Waals surface area contributed by atoms with Gasteiger partial charge in [0.1, 0.15) is 0 Å². The Bertz CT molecular complexity index is 171. The Kier molecular flexibility index (Phi) is 8.31. The molecule has 0 bridgehead atoms. The smallest absolute Gasteiger partial charge is 0.327 e. The maximum absolute atomic E-state index is 10.1. The predicted molar refractivity (Wildman–Crippen MR) is 54.7 cm³/mol. The van der Waals surface area contributed by atoms with Crippen LogP contribution in [0.25, 0.3) is 0 Å². The molecular weight excluding hydrogens is 164 g/mol. The second kappa shape index (κ2) is 9.04. The maximum atomic E-state index is 10.1. The number of carboxylic acids is 1. The van der Waals surface area contributed by atoms with E-state index in [1.807, 2.05) is 6.08 Å². The molecule has 0 aromatic rings. The Morgan fingerprint density at radius 2 is 1.77 bits per heavy atom. The molecule has 2 nitrogen and oxygen atoms in total. The van der Waals surface area contributed by atoms with Crippen LogP contribution < -0.4 is 0 Å². The SMILES string of the molecule is C=CCCCCCCC=CC(=O)O. The van der Waals surface area contributed by atoms with Crippen molar-refractivity contribution in [3.63, 3.8) is 0 Å². The Hall–Kier alpha value is -1.05. The first-order valence-corrected chi connectivity index (χ1v) is 4.77. The summed E-state index contributed by atoms with van der Waals surface area (Å²) < 4.78 is 0. The van der Waals surface area contributed by atoms with E-state index in [0.717, 1.165) is 19.3 Å². The highest BCUT2D eigenvalue weighted by atomic mass is 16.4. The van der Waals surface area contributed by atoms with Crippen LogP contribution in [0, 0.1) is 0 Å². The molecule has 0 unspecified atom stereocenters. The van der Waals surface area contributed by atoms with Crippen LogP contribution >= 0.6 is 0 Å². The molecule has 0 aliphatic carbocycles. The number of hydrogen-bond donors (Lipinski definition) is 1. The second-order valence-corrected chi connectivity index (χ2v) is 3.02. The fourth-order valence-corrected chi connectivity index (χ4v) is 1.09. The van der Waals surface area contributed by atoms with E-state index in [2.05, 4.69) is 6.58 Å². The molecule has 0 amide bonds. The summed E-state index contributed by atoms with van der Waals surface area (Å²) in [6.07, 6.45) is 11.5. The highest BCUT2D eigenvalue weighted by Gasteiger charge is 1.88. The zero-order chi connectivity index (χ0) is 9.94. The van der Waals surface area contributed by atoms with Gasteiger partial charge in [-0.2, -0.15) is 0 Å². The van der Waals surface area contributed by atoms with Crippen molar-refractivity contribution in [3.8, 4) is 0 Å². The first-order chi connectivity index (χ1) is 6.27. The summed E-state index contributed by atoms with van der Waals surface area (Å²) in [6.45, 7) is 3.65. The Morgan fingerprint density at radius 3 is 2.31 bits per heavy atom. The van der Waals surface area contributed by atoms with Gasteiger partial charge in [-0.05, 0) is 25.7 Å². The lowest BCUT2D eigenvalue weighted by Crippen LogP contribution is -1.85.